The summed E-state index contributed by atoms with van der Waals surface area (Å²) in [6.07, 6.45) is 0. The Morgan fingerprint density at radius 1 is 1.22 bits per heavy atom. The van der Waals surface area contributed by atoms with E-state index in [-0.39, 0.29) is 18.2 Å². The van der Waals surface area contributed by atoms with Crippen LogP contribution in [0.1, 0.15) is 23.5 Å². The molecule has 1 aromatic heterocycles. The van der Waals surface area contributed by atoms with Crippen LogP contribution in [0.15, 0.2) is 30.3 Å². The predicted molar refractivity (Wildman–Crippen MR) is 81.2 cm³/mol. The number of rotatable bonds is 3. The molecule has 0 fully saturated rings. The summed E-state index contributed by atoms with van der Waals surface area (Å²) in [5.41, 5.74) is -0.457. The van der Waals surface area contributed by atoms with Gasteiger partial charge >= 0.3 is 0 Å². The molecule has 0 aliphatic rings. The van der Waals surface area contributed by atoms with Crippen molar-refractivity contribution in [2.75, 3.05) is 14.1 Å². The number of benzene rings is 1. The van der Waals surface area contributed by atoms with Gasteiger partial charge in [-0.25, -0.2) is 0 Å². The summed E-state index contributed by atoms with van der Waals surface area (Å²) in [5, 5.41) is 1.15. The zero-order chi connectivity index (χ0) is 12.6. The molecule has 0 spiro atoms. The maximum Gasteiger partial charge on any atom is 0.192 e. The molecule has 98 valence electrons. The molecule has 0 saturated carbocycles. The third-order valence-corrected chi connectivity index (χ3v) is 4.44. The molecule has 0 saturated heterocycles. The van der Waals surface area contributed by atoms with E-state index in [1.807, 2.05) is 57.1 Å². The zero-order valence-electron chi connectivity index (χ0n) is 11.1. The minimum absolute atomic E-state index is 0. The van der Waals surface area contributed by atoms with Crippen molar-refractivity contribution in [3.05, 3.63) is 35.2 Å². The molecule has 0 unspecified atom stereocenters. The Morgan fingerprint density at radius 3 is 2.39 bits per heavy atom. The van der Waals surface area contributed by atoms with Crippen molar-refractivity contribution >= 4 is 39.6 Å². The lowest BCUT2D eigenvalue weighted by Gasteiger charge is -2.30. The Bertz CT molecular complexity index is 527. The number of hydrogen-bond donors (Lipinski definition) is 0. The number of ketones is 1. The van der Waals surface area contributed by atoms with Crippen LogP contribution in [-0.4, -0.2) is 30.3 Å². The number of halogens is 1. The van der Waals surface area contributed by atoms with E-state index in [0.29, 0.717) is 0 Å². The molecule has 0 atom stereocenters. The minimum Gasteiger partial charge on any atom is -0.297 e. The molecule has 2 aromatic rings. The Hall–Kier alpha value is -0.900. The largest absolute Gasteiger partial charge is 0.297 e. The number of nitrogens with zero attached hydrogens (tertiary/aromatic N) is 1. The minimum atomic E-state index is -0.457. The smallest absolute Gasteiger partial charge is 0.192 e. The number of thiophene rings is 1. The van der Waals surface area contributed by atoms with Gasteiger partial charge in [-0.2, -0.15) is 0 Å². The van der Waals surface area contributed by atoms with Gasteiger partial charge in [-0.15, -0.1) is 23.7 Å². The number of carbonyl (C=O) groups is 1. The van der Waals surface area contributed by atoms with E-state index in [9.17, 15) is 4.79 Å². The van der Waals surface area contributed by atoms with Crippen LogP contribution in [0.4, 0.5) is 0 Å². The number of Topliss-reactive ketones (excluding diaryl/α,β-unsaturated/α-hetero) is 1. The molecule has 0 aliphatic heterocycles. The number of hydrogen-bond acceptors (Lipinski definition) is 3. The van der Waals surface area contributed by atoms with Crippen molar-refractivity contribution in [2.45, 2.75) is 19.4 Å². The third kappa shape index (κ3) is 2.58. The van der Waals surface area contributed by atoms with Gasteiger partial charge in [0, 0.05) is 4.70 Å². The monoisotopic (exact) mass is 283 g/mol. The molecule has 0 radical (unpaired) electrons. The molecule has 2 nitrogen and oxygen atoms in total. The summed E-state index contributed by atoms with van der Waals surface area (Å²) >= 11 is 1.57. The van der Waals surface area contributed by atoms with Gasteiger partial charge in [-0.1, -0.05) is 18.2 Å². The van der Waals surface area contributed by atoms with Crippen LogP contribution in [0.5, 0.6) is 0 Å². The van der Waals surface area contributed by atoms with Crippen molar-refractivity contribution in [1.82, 2.24) is 4.90 Å². The quantitative estimate of drug-likeness (QED) is 0.798. The predicted octanol–water partition coefficient (Wildman–Crippen LogP) is 3.85. The Morgan fingerprint density at radius 2 is 1.83 bits per heavy atom. The summed E-state index contributed by atoms with van der Waals surface area (Å²) in [6.45, 7) is 3.92. The summed E-state index contributed by atoms with van der Waals surface area (Å²) < 4.78 is 1.17. The highest BCUT2D eigenvalue weighted by Crippen LogP contribution is 2.29. The van der Waals surface area contributed by atoms with E-state index in [2.05, 4.69) is 6.07 Å². The maximum absolute atomic E-state index is 12.4. The maximum atomic E-state index is 12.4. The van der Waals surface area contributed by atoms with Gasteiger partial charge in [-0.3, -0.25) is 9.69 Å². The van der Waals surface area contributed by atoms with Gasteiger partial charge in [0.15, 0.2) is 5.78 Å². The van der Waals surface area contributed by atoms with Crippen LogP contribution in [0, 0.1) is 0 Å². The summed E-state index contributed by atoms with van der Waals surface area (Å²) in [7, 11) is 3.87. The number of carbonyl (C=O) groups excluding carboxylic acids is 1. The fraction of sp³-hybridized carbons (Fsp3) is 0.357. The standard InChI is InChI=1S/C14H17NOS.ClH/c1-14(2,15(3)4)13(16)12-9-10-7-5-6-8-11(10)17-12;/h5-9H,1-4H3;1H. The molecule has 4 heteroatoms. The lowest BCUT2D eigenvalue weighted by molar-refractivity contribution is 0.0760. The van der Waals surface area contributed by atoms with Gasteiger partial charge < -0.3 is 0 Å². The first-order valence-corrected chi connectivity index (χ1v) is 6.45. The molecule has 1 heterocycles. The van der Waals surface area contributed by atoms with Crippen LogP contribution in [0.25, 0.3) is 10.1 Å². The Kier molecular flexibility index (Phi) is 4.54. The first-order chi connectivity index (χ1) is 7.93. The van der Waals surface area contributed by atoms with Crippen LogP contribution in [-0.2, 0) is 0 Å². The summed E-state index contributed by atoms with van der Waals surface area (Å²) in [4.78, 5) is 15.2. The van der Waals surface area contributed by atoms with E-state index >= 15 is 0 Å². The van der Waals surface area contributed by atoms with E-state index in [0.717, 1.165) is 10.3 Å². The molecule has 0 N–H and O–H groups in total. The average Bonchev–Trinajstić information content (AvgIpc) is 2.70. The van der Waals surface area contributed by atoms with E-state index in [1.165, 1.54) is 4.70 Å². The average molecular weight is 284 g/mol. The summed E-state index contributed by atoms with van der Waals surface area (Å²) in [5.74, 6) is 0.184. The second-order valence-electron chi connectivity index (χ2n) is 4.93. The number of fused-ring (bicyclic) bond motifs is 1. The second kappa shape index (κ2) is 5.39. The van der Waals surface area contributed by atoms with Gasteiger partial charge in [0.2, 0.25) is 0 Å². The highest BCUT2D eigenvalue weighted by molar-refractivity contribution is 7.20. The molecule has 0 bridgehead atoms. The topological polar surface area (TPSA) is 20.3 Å². The molecule has 0 amide bonds. The molecule has 0 aliphatic carbocycles. The lowest BCUT2D eigenvalue weighted by Crippen LogP contribution is -2.45. The molecular weight excluding hydrogens is 266 g/mol. The Balaban J connectivity index is 0.00000162. The van der Waals surface area contributed by atoms with Crippen molar-refractivity contribution < 1.29 is 4.79 Å². The van der Waals surface area contributed by atoms with Crippen molar-refractivity contribution in [3.8, 4) is 0 Å². The molecule has 18 heavy (non-hydrogen) atoms. The van der Waals surface area contributed by atoms with Gasteiger partial charge in [0.25, 0.3) is 0 Å². The highest BCUT2D eigenvalue weighted by Gasteiger charge is 2.31. The molecular formula is C14H18ClNOS. The third-order valence-electron chi connectivity index (χ3n) is 3.32. The SMILES string of the molecule is CN(C)C(C)(C)C(=O)c1cc2ccccc2s1.Cl. The van der Waals surface area contributed by atoms with Crippen LogP contribution >= 0.6 is 23.7 Å². The first kappa shape index (κ1) is 15.2. The van der Waals surface area contributed by atoms with Gasteiger partial charge in [-0.05, 0) is 45.5 Å². The Labute approximate surface area is 118 Å². The first-order valence-electron chi connectivity index (χ1n) is 5.64. The van der Waals surface area contributed by atoms with E-state index < -0.39 is 5.54 Å². The van der Waals surface area contributed by atoms with E-state index in [1.54, 1.807) is 11.3 Å². The lowest BCUT2D eigenvalue weighted by atomic mass is 9.96. The van der Waals surface area contributed by atoms with Crippen molar-refractivity contribution in [1.29, 1.82) is 0 Å². The van der Waals surface area contributed by atoms with Crippen molar-refractivity contribution in [2.24, 2.45) is 0 Å². The van der Waals surface area contributed by atoms with Crippen molar-refractivity contribution in [3.63, 3.8) is 0 Å². The number of likely N-dealkylation sites (N-methyl/N-ethyl adjacent to an activating group) is 1. The van der Waals surface area contributed by atoms with Gasteiger partial charge in [0.05, 0.1) is 10.4 Å². The summed E-state index contributed by atoms with van der Waals surface area (Å²) in [6, 6.07) is 10.1. The van der Waals surface area contributed by atoms with Gasteiger partial charge in [0.1, 0.15) is 0 Å². The van der Waals surface area contributed by atoms with Crippen LogP contribution in [0.3, 0.4) is 0 Å². The fourth-order valence-corrected chi connectivity index (χ4v) is 2.76. The second-order valence-corrected chi connectivity index (χ2v) is 6.01. The molecule has 1 aromatic carbocycles. The fourth-order valence-electron chi connectivity index (χ4n) is 1.60. The van der Waals surface area contributed by atoms with E-state index in [4.69, 9.17) is 0 Å². The normalized spacial score (nSPS) is 11.6. The highest BCUT2D eigenvalue weighted by atomic mass is 35.5. The van der Waals surface area contributed by atoms with Crippen LogP contribution < -0.4 is 0 Å². The molecule has 2 rings (SSSR count). The van der Waals surface area contributed by atoms with Crippen LogP contribution in [0.2, 0.25) is 0 Å². The zero-order valence-corrected chi connectivity index (χ0v) is 12.7.